The maximum Gasteiger partial charge on any atom is 0.0731 e. The Morgan fingerprint density at radius 2 is 0.553 bits per heavy atom. The average Bonchev–Trinajstić information content (AvgIpc) is 1.70. The highest BCUT2D eigenvalue weighted by Crippen LogP contribution is 2.67. The van der Waals surface area contributed by atoms with E-state index in [0.717, 1.165) is 0 Å². The molecule has 2 aliphatic rings. The van der Waals surface area contributed by atoms with Crippen molar-refractivity contribution >= 4 is 119 Å². The molecule has 0 fully saturated rings. The normalized spacial score (nSPS) is 14.6. The Kier molecular flexibility index (Phi) is 8.25. The molecule has 1 atom stereocenters. The molecule has 21 rings (SSSR count). The fourth-order valence-electron chi connectivity index (χ4n) is 17.4. The van der Waals surface area contributed by atoms with Crippen LogP contribution in [0.3, 0.4) is 0 Å². The molecular formula is C83H46N2. The molecule has 0 N–H and O–H groups in total. The summed E-state index contributed by atoms with van der Waals surface area (Å²) in [6.07, 6.45) is 0. The zero-order valence-electron chi connectivity index (χ0n) is 46.0. The summed E-state index contributed by atoms with van der Waals surface area (Å²) < 4.78 is 5.04. The van der Waals surface area contributed by atoms with Gasteiger partial charge in [-0.05, 0) is 151 Å². The monoisotopic (exact) mass is 1070 g/mol. The second-order valence-electron chi connectivity index (χ2n) is 24.0. The number of aromatic nitrogens is 2. The van der Waals surface area contributed by atoms with Crippen molar-refractivity contribution in [2.75, 3.05) is 0 Å². The molecule has 1 spiro atoms. The van der Waals surface area contributed by atoms with Crippen LogP contribution < -0.4 is 0 Å². The van der Waals surface area contributed by atoms with Gasteiger partial charge in [-0.2, -0.15) is 0 Å². The van der Waals surface area contributed by atoms with Gasteiger partial charge in [0.2, 0.25) is 0 Å². The Balaban J connectivity index is 0.919. The number of hydrogen-bond acceptors (Lipinski definition) is 0. The molecule has 0 radical (unpaired) electrons. The van der Waals surface area contributed by atoms with Gasteiger partial charge in [0.15, 0.2) is 0 Å². The van der Waals surface area contributed by atoms with Crippen molar-refractivity contribution in [3.63, 3.8) is 0 Å². The molecule has 0 amide bonds. The molecule has 4 aromatic heterocycles. The van der Waals surface area contributed by atoms with Gasteiger partial charge in [-0.15, -0.1) is 0 Å². The number of fused-ring (bicyclic) bond motifs is 29. The summed E-state index contributed by atoms with van der Waals surface area (Å²) in [4.78, 5) is 0. The number of para-hydroxylation sites is 4. The molecule has 2 aliphatic carbocycles. The van der Waals surface area contributed by atoms with Crippen molar-refractivity contribution in [2.45, 2.75) is 5.41 Å². The molecule has 0 saturated carbocycles. The van der Waals surface area contributed by atoms with Crippen LogP contribution in [0.4, 0.5) is 0 Å². The fourth-order valence-corrected chi connectivity index (χ4v) is 17.4. The Labute approximate surface area is 487 Å². The highest BCUT2D eigenvalue weighted by Gasteiger charge is 2.53. The molecule has 2 nitrogen and oxygen atoms in total. The van der Waals surface area contributed by atoms with Crippen LogP contribution in [0.1, 0.15) is 22.3 Å². The van der Waals surface area contributed by atoms with Crippen LogP contribution in [0, 0.1) is 0 Å². The lowest BCUT2D eigenvalue weighted by Crippen LogP contribution is -2.26. The molecule has 85 heavy (non-hydrogen) atoms. The van der Waals surface area contributed by atoms with Gasteiger partial charge in [-0.1, -0.05) is 249 Å². The van der Waals surface area contributed by atoms with Crippen LogP contribution in [-0.4, -0.2) is 8.80 Å². The van der Waals surface area contributed by atoms with Gasteiger partial charge in [0, 0.05) is 43.1 Å². The van der Waals surface area contributed by atoms with E-state index in [-0.39, 0.29) is 0 Å². The number of nitrogens with zero attached hydrogens (tertiary/aromatic N) is 2. The van der Waals surface area contributed by atoms with E-state index in [1.54, 1.807) is 0 Å². The van der Waals surface area contributed by atoms with E-state index < -0.39 is 5.41 Å². The molecule has 0 saturated heterocycles. The van der Waals surface area contributed by atoms with Crippen LogP contribution >= 0.6 is 0 Å². The summed E-state index contributed by atoms with van der Waals surface area (Å²) in [6.45, 7) is 0. The predicted octanol–water partition coefficient (Wildman–Crippen LogP) is 21.9. The topological polar surface area (TPSA) is 8.82 Å². The molecule has 2 heteroatoms. The third-order valence-corrected chi connectivity index (χ3v) is 20.4. The van der Waals surface area contributed by atoms with Crippen LogP contribution in [0.2, 0.25) is 0 Å². The maximum atomic E-state index is 2.56. The maximum absolute atomic E-state index is 2.56. The summed E-state index contributed by atoms with van der Waals surface area (Å²) in [5, 5.41) is 20.4. The molecule has 0 bridgehead atoms. The minimum absolute atomic E-state index is 0.590. The van der Waals surface area contributed by atoms with E-state index in [1.165, 1.54) is 197 Å². The molecule has 1 unspecified atom stereocenters. The van der Waals surface area contributed by atoms with Crippen LogP contribution in [0.15, 0.2) is 279 Å². The fraction of sp³-hybridized carbons (Fsp3) is 0.0120. The lowest BCUT2D eigenvalue weighted by Gasteiger charge is -2.32. The summed E-state index contributed by atoms with van der Waals surface area (Å²) >= 11 is 0. The van der Waals surface area contributed by atoms with Crippen molar-refractivity contribution in [2.24, 2.45) is 0 Å². The lowest BCUT2D eigenvalue weighted by atomic mass is 9.69. The Bertz CT molecular complexity index is 5980. The smallest absolute Gasteiger partial charge is 0.0731 e. The van der Waals surface area contributed by atoms with Crippen molar-refractivity contribution in [3.05, 3.63) is 301 Å². The summed E-state index contributed by atoms with van der Waals surface area (Å²) in [5.41, 5.74) is 25.0. The highest BCUT2D eigenvalue weighted by molar-refractivity contribution is 6.31. The zero-order valence-corrected chi connectivity index (χ0v) is 46.0. The Morgan fingerprint density at radius 1 is 0.200 bits per heavy atom. The largest absolute Gasteiger partial charge is 0.308 e. The van der Waals surface area contributed by atoms with Gasteiger partial charge >= 0.3 is 0 Å². The summed E-state index contributed by atoms with van der Waals surface area (Å²) in [7, 11) is 0. The SMILES string of the molecule is c1ccc2c(c1)-c1c(-c3c4cccc(-c5cccc6c5c5cccc7c8ccccc8n6c75)c4cc4c(-c5cccc6c5c5cccc7c8ccccc8n6c75)cccc34)cccc1C21c2ccccc2-c2c1c1ccccc1c1ccccc21. The Morgan fingerprint density at radius 3 is 1.14 bits per heavy atom. The van der Waals surface area contributed by atoms with Gasteiger partial charge in [0.05, 0.1) is 38.5 Å². The minimum atomic E-state index is -0.590. The van der Waals surface area contributed by atoms with Gasteiger partial charge in [0.25, 0.3) is 0 Å². The van der Waals surface area contributed by atoms with E-state index in [4.69, 9.17) is 0 Å². The molecule has 388 valence electrons. The first-order valence-electron chi connectivity index (χ1n) is 29.8. The van der Waals surface area contributed by atoms with Crippen LogP contribution in [0.25, 0.3) is 175 Å². The first kappa shape index (κ1) is 44.6. The van der Waals surface area contributed by atoms with E-state index >= 15 is 0 Å². The number of benzene rings is 15. The molecule has 4 heterocycles. The first-order valence-corrected chi connectivity index (χ1v) is 29.8. The van der Waals surface area contributed by atoms with E-state index in [9.17, 15) is 0 Å². The number of rotatable bonds is 3. The second-order valence-corrected chi connectivity index (χ2v) is 24.0. The molecule has 15 aromatic carbocycles. The van der Waals surface area contributed by atoms with Crippen molar-refractivity contribution in [1.82, 2.24) is 8.80 Å². The van der Waals surface area contributed by atoms with Crippen molar-refractivity contribution in [3.8, 4) is 55.6 Å². The predicted molar refractivity (Wildman–Crippen MR) is 358 cm³/mol. The minimum Gasteiger partial charge on any atom is -0.308 e. The highest BCUT2D eigenvalue weighted by atomic mass is 14.9. The molecule has 0 aliphatic heterocycles. The lowest BCUT2D eigenvalue weighted by molar-refractivity contribution is 0.802. The summed E-state index contributed by atoms with van der Waals surface area (Å²) in [6, 6.07) is 107. The quantitative estimate of drug-likeness (QED) is 0.123. The Hall–Kier alpha value is -11.1. The van der Waals surface area contributed by atoms with Gasteiger partial charge in [-0.3, -0.25) is 0 Å². The van der Waals surface area contributed by atoms with Crippen molar-refractivity contribution < 1.29 is 0 Å². The van der Waals surface area contributed by atoms with Crippen molar-refractivity contribution in [1.29, 1.82) is 0 Å². The van der Waals surface area contributed by atoms with E-state index in [0.29, 0.717) is 0 Å². The second kappa shape index (κ2) is 15.7. The first-order chi connectivity index (χ1) is 42.3. The average molecular weight is 1070 g/mol. The summed E-state index contributed by atoms with van der Waals surface area (Å²) in [5.74, 6) is 0. The van der Waals surface area contributed by atoms with E-state index in [1.807, 2.05) is 0 Å². The zero-order chi connectivity index (χ0) is 55.0. The molecular weight excluding hydrogens is 1020 g/mol. The number of hydrogen-bond donors (Lipinski definition) is 0. The third-order valence-electron chi connectivity index (χ3n) is 20.4. The van der Waals surface area contributed by atoms with E-state index in [2.05, 4.69) is 288 Å². The van der Waals surface area contributed by atoms with Crippen LogP contribution in [0.5, 0.6) is 0 Å². The standard InChI is InChI=1S/C83H46N2/c1-3-24-55-47(20-1)48-21-2-4-25-58(48)80-79(55)62-27-6-10-40-69(62)83(80)68-39-9-5-26-61(68)76-63(36-17-41-70(76)83)75-56-30-13-28-49(53-32-18-44-73-77(53)64-37-15-34-59-51-22-7-11-42-71(51)84(73)81(59)64)66(56)46-67-50(29-14-31-57(67)75)54-33-19-45-74-78(54)65-38-16-35-60-52-23-8-12-43-72(52)85(74)82(60)65/h1-46H. The van der Waals surface area contributed by atoms with Gasteiger partial charge < -0.3 is 8.80 Å². The van der Waals surface area contributed by atoms with Gasteiger partial charge in [-0.25, -0.2) is 0 Å². The third kappa shape index (κ3) is 5.23. The molecule has 19 aromatic rings. The van der Waals surface area contributed by atoms with Gasteiger partial charge in [0.1, 0.15) is 0 Å². The van der Waals surface area contributed by atoms with Crippen LogP contribution in [-0.2, 0) is 5.41 Å².